The molecule has 3 N–H and O–H groups in total. The molecule has 1 heterocycles. The first-order chi connectivity index (χ1) is 9.60. The van der Waals surface area contributed by atoms with Crippen LogP contribution in [0.25, 0.3) is 0 Å². The first-order valence-corrected chi connectivity index (χ1v) is 7.06. The molecule has 2 rings (SSSR count). The van der Waals surface area contributed by atoms with Gasteiger partial charge in [0, 0.05) is 36.8 Å². The number of anilines is 2. The van der Waals surface area contributed by atoms with E-state index in [0.29, 0.717) is 12.8 Å². The summed E-state index contributed by atoms with van der Waals surface area (Å²) in [5.74, 6) is 0.0834. The van der Waals surface area contributed by atoms with Gasteiger partial charge in [0.2, 0.25) is 11.8 Å². The van der Waals surface area contributed by atoms with Crippen LogP contribution in [0, 0.1) is 0 Å². The Bertz CT molecular complexity index is 484. The number of nitrogens with two attached hydrogens (primary N) is 1. The largest absolute Gasteiger partial charge is 0.327 e. The molecule has 1 aliphatic rings. The summed E-state index contributed by atoms with van der Waals surface area (Å²) in [5, 5.41) is 2.81. The van der Waals surface area contributed by atoms with Gasteiger partial charge in [0.1, 0.15) is 0 Å². The predicted molar refractivity (Wildman–Crippen MR) is 79.5 cm³/mol. The van der Waals surface area contributed by atoms with E-state index in [0.717, 1.165) is 30.8 Å². The van der Waals surface area contributed by atoms with Crippen molar-refractivity contribution in [3.05, 3.63) is 24.3 Å². The van der Waals surface area contributed by atoms with Gasteiger partial charge in [-0.05, 0) is 37.1 Å². The fraction of sp³-hybridized carbons (Fsp3) is 0.467. The van der Waals surface area contributed by atoms with Gasteiger partial charge in [0.15, 0.2) is 0 Å². The predicted octanol–water partition coefficient (Wildman–Crippen LogP) is 1.88. The molecule has 0 radical (unpaired) electrons. The van der Waals surface area contributed by atoms with Crippen molar-refractivity contribution in [2.45, 2.75) is 38.6 Å². The summed E-state index contributed by atoms with van der Waals surface area (Å²) in [6.45, 7) is 2.73. The molecule has 1 fully saturated rings. The van der Waals surface area contributed by atoms with Crippen molar-refractivity contribution < 1.29 is 9.59 Å². The lowest BCUT2D eigenvalue weighted by atomic mass is 10.1. The van der Waals surface area contributed by atoms with Crippen molar-refractivity contribution in [3.8, 4) is 0 Å². The van der Waals surface area contributed by atoms with Crippen molar-refractivity contribution in [1.82, 2.24) is 0 Å². The van der Waals surface area contributed by atoms with E-state index in [2.05, 4.69) is 5.32 Å². The number of nitrogens with zero attached hydrogens (tertiary/aromatic N) is 1. The molecule has 5 nitrogen and oxygen atoms in total. The molecule has 108 valence electrons. The smallest absolute Gasteiger partial charge is 0.227 e. The number of carbonyl (C=O) groups is 2. The first-order valence-electron chi connectivity index (χ1n) is 7.06. The fourth-order valence-electron chi connectivity index (χ4n) is 2.24. The summed E-state index contributed by atoms with van der Waals surface area (Å²) in [4.78, 5) is 25.1. The van der Waals surface area contributed by atoms with Crippen molar-refractivity contribution in [2.75, 3.05) is 16.8 Å². The van der Waals surface area contributed by atoms with Gasteiger partial charge in [-0.1, -0.05) is 6.92 Å². The summed E-state index contributed by atoms with van der Waals surface area (Å²) in [7, 11) is 0. The Morgan fingerprint density at radius 3 is 2.65 bits per heavy atom. The summed E-state index contributed by atoms with van der Waals surface area (Å²) >= 11 is 0. The Morgan fingerprint density at radius 2 is 2.10 bits per heavy atom. The van der Waals surface area contributed by atoms with Crippen LogP contribution >= 0.6 is 0 Å². The van der Waals surface area contributed by atoms with Crippen LogP contribution in [-0.4, -0.2) is 24.4 Å². The number of benzene rings is 1. The molecule has 0 aromatic heterocycles. The van der Waals surface area contributed by atoms with E-state index in [-0.39, 0.29) is 17.9 Å². The second-order valence-corrected chi connectivity index (χ2v) is 5.12. The Hall–Kier alpha value is -1.88. The maximum atomic E-state index is 11.7. The van der Waals surface area contributed by atoms with Crippen LogP contribution in [-0.2, 0) is 9.59 Å². The van der Waals surface area contributed by atoms with Gasteiger partial charge < -0.3 is 16.0 Å². The SMILES string of the molecule is CCC(N)CC(=O)Nc1ccc(N2CCCC2=O)cc1. The molecule has 1 atom stereocenters. The van der Waals surface area contributed by atoms with Crippen molar-refractivity contribution >= 4 is 23.2 Å². The molecule has 20 heavy (non-hydrogen) atoms. The van der Waals surface area contributed by atoms with E-state index in [1.807, 2.05) is 31.2 Å². The molecule has 1 unspecified atom stereocenters. The van der Waals surface area contributed by atoms with Gasteiger partial charge in [-0.3, -0.25) is 9.59 Å². The van der Waals surface area contributed by atoms with Gasteiger partial charge >= 0.3 is 0 Å². The van der Waals surface area contributed by atoms with E-state index >= 15 is 0 Å². The standard InChI is InChI=1S/C15H21N3O2/c1-2-11(16)10-14(19)17-12-5-7-13(8-6-12)18-9-3-4-15(18)20/h5-8,11H,2-4,9-10,16H2,1H3,(H,17,19). The highest BCUT2D eigenvalue weighted by atomic mass is 16.2. The van der Waals surface area contributed by atoms with E-state index in [1.165, 1.54) is 0 Å². The quantitative estimate of drug-likeness (QED) is 0.861. The third kappa shape index (κ3) is 3.57. The van der Waals surface area contributed by atoms with E-state index in [9.17, 15) is 9.59 Å². The highest BCUT2D eigenvalue weighted by Gasteiger charge is 2.21. The zero-order chi connectivity index (χ0) is 14.5. The Kier molecular flexibility index (Phi) is 4.74. The number of amides is 2. The van der Waals surface area contributed by atoms with E-state index in [1.54, 1.807) is 4.90 Å². The van der Waals surface area contributed by atoms with Crippen LogP contribution in [0.15, 0.2) is 24.3 Å². The Labute approximate surface area is 119 Å². The Morgan fingerprint density at radius 1 is 1.40 bits per heavy atom. The molecule has 0 aliphatic carbocycles. The second kappa shape index (κ2) is 6.52. The summed E-state index contributed by atoms with van der Waals surface area (Å²) in [6, 6.07) is 7.25. The molecule has 5 heteroatoms. The molecule has 2 amide bonds. The minimum atomic E-state index is -0.100. The molecule has 0 spiro atoms. The third-order valence-electron chi connectivity index (χ3n) is 3.51. The van der Waals surface area contributed by atoms with Gasteiger partial charge in [-0.15, -0.1) is 0 Å². The summed E-state index contributed by atoms with van der Waals surface area (Å²) in [5.41, 5.74) is 7.36. The lowest BCUT2D eigenvalue weighted by molar-refractivity contribution is -0.117. The zero-order valence-corrected chi connectivity index (χ0v) is 11.8. The van der Waals surface area contributed by atoms with Gasteiger partial charge in [0.25, 0.3) is 0 Å². The maximum Gasteiger partial charge on any atom is 0.227 e. The monoisotopic (exact) mass is 275 g/mol. The second-order valence-electron chi connectivity index (χ2n) is 5.12. The molecular formula is C15H21N3O2. The molecule has 0 saturated carbocycles. The van der Waals surface area contributed by atoms with Crippen molar-refractivity contribution in [2.24, 2.45) is 5.73 Å². The highest BCUT2D eigenvalue weighted by molar-refractivity contribution is 5.96. The number of nitrogens with one attached hydrogen (secondary N) is 1. The average molecular weight is 275 g/mol. The lowest BCUT2D eigenvalue weighted by Crippen LogP contribution is -2.26. The van der Waals surface area contributed by atoms with Gasteiger partial charge in [0.05, 0.1) is 0 Å². The molecule has 1 aromatic rings. The minimum absolute atomic E-state index is 0.0793. The fourth-order valence-corrected chi connectivity index (χ4v) is 2.24. The van der Waals surface area contributed by atoms with Gasteiger partial charge in [-0.25, -0.2) is 0 Å². The summed E-state index contributed by atoms with van der Waals surface area (Å²) in [6.07, 6.45) is 2.63. The maximum absolute atomic E-state index is 11.7. The number of carbonyl (C=O) groups excluding carboxylic acids is 2. The molecule has 1 aliphatic heterocycles. The van der Waals surface area contributed by atoms with Crippen LogP contribution in [0.4, 0.5) is 11.4 Å². The topological polar surface area (TPSA) is 75.4 Å². The van der Waals surface area contributed by atoms with Crippen molar-refractivity contribution in [1.29, 1.82) is 0 Å². The van der Waals surface area contributed by atoms with Crippen LogP contribution in [0.1, 0.15) is 32.6 Å². The van der Waals surface area contributed by atoms with E-state index < -0.39 is 0 Å². The Balaban J connectivity index is 1.94. The van der Waals surface area contributed by atoms with Crippen LogP contribution in [0.2, 0.25) is 0 Å². The third-order valence-corrected chi connectivity index (χ3v) is 3.51. The highest BCUT2D eigenvalue weighted by Crippen LogP contribution is 2.23. The van der Waals surface area contributed by atoms with E-state index in [4.69, 9.17) is 5.73 Å². The van der Waals surface area contributed by atoms with Gasteiger partial charge in [-0.2, -0.15) is 0 Å². The van der Waals surface area contributed by atoms with Crippen molar-refractivity contribution in [3.63, 3.8) is 0 Å². The average Bonchev–Trinajstić information content (AvgIpc) is 2.85. The van der Waals surface area contributed by atoms with Crippen LogP contribution in [0.5, 0.6) is 0 Å². The molecule has 0 bridgehead atoms. The molecule has 1 saturated heterocycles. The molecular weight excluding hydrogens is 254 g/mol. The number of rotatable bonds is 5. The summed E-state index contributed by atoms with van der Waals surface area (Å²) < 4.78 is 0. The van der Waals surface area contributed by atoms with Crippen LogP contribution < -0.4 is 16.0 Å². The normalized spacial score (nSPS) is 16.3. The minimum Gasteiger partial charge on any atom is -0.327 e. The number of hydrogen-bond acceptors (Lipinski definition) is 3. The zero-order valence-electron chi connectivity index (χ0n) is 11.8. The van der Waals surface area contributed by atoms with Crippen LogP contribution in [0.3, 0.4) is 0 Å². The lowest BCUT2D eigenvalue weighted by Gasteiger charge is -2.16. The molecule has 1 aromatic carbocycles. The number of hydrogen-bond donors (Lipinski definition) is 2. The first kappa shape index (κ1) is 14.5.